The first-order chi connectivity index (χ1) is 9.85. The maximum Gasteiger partial charge on any atom is 0.337 e. The van der Waals surface area contributed by atoms with Crippen molar-refractivity contribution in [2.45, 2.75) is 20.0 Å². The highest BCUT2D eigenvalue weighted by Gasteiger charge is 2.18. The third-order valence-electron chi connectivity index (χ3n) is 2.42. The largest absolute Gasteiger partial charge is 0.481 e. The highest BCUT2D eigenvalue weighted by molar-refractivity contribution is 6.33. The molecule has 1 rings (SSSR count). The van der Waals surface area contributed by atoms with Gasteiger partial charge in [-0.15, -0.1) is 0 Å². The molecular weight excluding hydrogens is 300 g/mol. The van der Waals surface area contributed by atoms with Crippen LogP contribution in [0.2, 0.25) is 5.02 Å². The summed E-state index contributed by atoms with van der Waals surface area (Å²) in [5.74, 6) is -1.69. The molecule has 0 saturated heterocycles. The van der Waals surface area contributed by atoms with Gasteiger partial charge in [0.25, 0.3) is 5.91 Å². The van der Waals surface area contributed by atoms with E-state index in [0.717, 1.165) is 0 Å². The zero-order valence-corrected chi connectivity index (χ0v) is 12.2. The van der Waals surface area contributed by atoms with Gasteiger partial charge in [0.2, 0.25) is 0 Å². The van der Waals surface area contributed by atoms with Gasteiger partial charge in [-0.3, -0.25) is 10.1 Å². The van der Waals surface area contributed by atoms with Crippen molar-refractivity contribution in [3.63, 3.8) is 0 Å². The summed E-state index contributed by atoms with van der Waals surface area (Å²) in [6, 6.07) is 3.38. The zero-order chi connectivity index (χ0) is 16.0. The second-order valence-corrected chi connectivity index (χ2v) is 4.46. The number of hydrogen-bond acceptors (Lipinski definition) is 4. The first-order valence-corrected chi connectivity index (χ1v) is 6.51. The molecule has 0 aliphatic heterocycles. The number of carboxylic acids is 1. The molecule has 1 aromatic rings. The minimum atomic E-state index is -1.20. The highest BCUT2D eigenvalue weighted by atomic mass is 35.5. The van der Waals surface area contributed by atoms with Gasteiger partial charge in [0.05, 0.1) is 10.6 Å². The summed E-state index contributed by atoms with van der Waals surface area (Å²) in [6.07, 6.45) is -0.976. The fourth-order valence-corrected chi connectivity index (χ4v) is 1.62. The quantitative estimate of drug-likeness (QED) is 0.766. The summed E-state index contributed by atoms with van der Waals surface area (Å²) in [6.45, 7) is 3.53. The molecule has 1 unspecified atom stereocenters. The number of ether oxygens (including phenoxy) is 1. The topological polar surface area (TPSA) is 105 Å². The lowest BCUT2D eigenvalue weighted by Gasteiger charge is -2.14. The van der Waals surface area contributed by atoms with Gasteiger partial charge < -0.3 is 15.2 Å². The number of carboxylic acid groups (broad SMARTS) is 1. The molecule has 0 aliphatic carbocycles. The lowest BCUT2D eigenvalue weighted by molar-refractivity contribution is -0.126. The predicted octanol–water partition coefficient (Wildman–Crippen LogP) is 1.65. The molecule has 8 heteroatoms. The molecule has 7 nitrogen and oxygen atoms in total. The summed E-state index contributed by atoms with van der Waals surface area (Å²) in [7, 11) is 0. The molecule has 0 saturated carbocycles. The summed E-state index contributed by atoms with van der Waals surface area (Å²) in [5, 5.41) is 13.5. The van der Waals surface area contributed by atoms with Crippen LogP contribution in [0, 0.1) is 0 Å². The van der Waals surface area contributed by atoms with Gasteiger partial charge in [0.1, 0.15) is 5.75 Å². The van der Waals surface area contributed by atoms with Crippen LogP contribution in [0.15, 0.2) is 18.2 Å². The molecule has 0 spiro atoms. The standard InChI is InChI=1S/C13H15ClN2O5/c1-3-15-13(20)16-11(17)7(2)21-8-4-5-10(14)9(6-8)12(18)19/h4-7H,3H2,1-2H3,(H,18,19)(H2,15,16,17,20). The minimum absolute atomic E-state index is 0.0641. The van der Waals surface area contributed by atoms with Gasteiger partial charge in [-0.05, 0) is 32.0 Å². The van der Waals surface area contributed by atoms with Crippen molar-refractivity contribution >= 4 is 29.5 Å². The van der Waals surface area contributed by atoms with Crippen LogP contribution in [0.25, 0.3) is 0 Å². The third-order valence-corrected chi connectivity index (χ3v) is 2.75. The van der Waals surface area contributed by atoms with E-state index in [1.54, 1.807) is 6.92 Å². The Hall–Kier alpha value is -2.28. The van der Waals surface area contributed by atoms with Gasteiger partial charge in [-0.2, -0.15) is 0 Å². The number of benzene rings is 1. The van der Waals surface area contributed by atoms with Crippen LogP contribution in [0.1, 0.15) is 24.2 Å². The van der Waals surface area contributed by atoms with Crippen LogP contribution in [0.3, 0.4) is 0 Å². The van der Waals surface area contributed by atoms with Gasteiger partial charge in [-0.25, -0.2) is 9.59 Å². The maximum atomic E-state index is 11.7. The number of urea groups is 1. The van der Waals surface area contributed by atoms with E-state index in [4.69, 9.17) is 21.4 Å². The Morgan fingerprint density at radius 3 is 2.62 bits per heavy atom. The predicted molar refractivity (Wildman–Crippen MR) is 75.7 cm³/mol. The molecule has 0 aromatic heterocycles. The Kier molecular flexibility index (Phi) is 5.98. The van der Waals surface area contributed by atoms with Crippen molar-refractivity contribution in [3.8, 4) is 5.75 Å². The van der Waals surface area contributed by atoms with E-state index < -0.39 is 24.0 Å². The van der Waals surface area contributed by atoms with E-state index in [9.17, 15) is 14.4 Å². The van der Waals surface area contributed by atoms with Crippen molar-refractivity contribution in [3.05, 3.63) is 28.8 Å². The summed E-state index contributed by atoms with van der Waals surface area (Å²) in [5.41, 5.74) is -0.134. The smallest absolute Gasteiger partial charge is 0.337 e. The first-order valence-electron chi connectivity index (χ1n) is 6.13. The third kappa shape index (κ3) is 4.96. The van der Waals surface area contributed by atoms with E-state index in [2.05, 4.69) is 10.6 Å². The van der Waals surface area contributed by atoms with E-state index in [1.165, 1.54) is 25.1 Å². The molecule has 3 N–H and O–H groups in total. The van der Waals surface area contributed by atoms with Gasteiger partial charge in [0.15, 0.2) is 6.10 Å². The molecule has 1 aromatic carbocycles. The number of halogens is 1. The lowest BCUT2D eigenvalue weighted by Crippen LogP contribution is -2.45. The lowest BCUT2D eigenvalue weighted by atomic mass is 10.2. The molecule has 21 heavy (non-hydrogen) atoms. The molecule has 0 heterocycles. The van der Waals surface area contributed by atoms with Gasteiger partial charge in [-0.1, -0.05) is 11.6 Å². The van der Waals surface area contributed by atoms with Crippen molar-refractivity contribution < 1.29 is 24.2 Å². The Balaban J connectivity index is 2.72. The number of carbonyl (C=O) groups excluding carboxylic acids is 2. The minimum Gasteiger partial charge on any atom is -0.481 e. The number of amides is 3. The molecule has 0 bridgehead atoms. The summed E-state index contributed by atoms with van der Waals surface area (Å²) < 4.78 is 5.29. The number of aromatic carboxylic acids is 1. The molecule has 0 fully saturated rings. The van der Waals surface area contributed by atoms with E-state index in [1.807, 2.05) is 0 Å². The van der Waals surface area contributed by atoms with Crippen molar-refractivity contribution in [1.29, 1.82) is 0 Å². The van der Waals surface area contributed by atoms with E-state index in [0.29, 0.717) is 6.54 Å². The zero-order valence-electron chi connectivity index (χ0n) is 11.5. The monoisotopic (exact) mass is 314 g/mol. The molecular formula is C13H15ClN2O5. The van der Waals surface area contributed by atoms with Crippen LogP contribution < -0.4 is 15.4 Å². The molecule has 0 aliphatic rings. The van der Waals surface area contributed by atoms with Crippen LogP contribution in [-0.4, -0.2) is 35.7 Å². The number of imide groups is 1. The van der Waals surface area contributed by atoms with Gasteiger partial charge >= 0.3 is 12.0 Å². The Morgan fingerprint density at radius 2 is 2.05 bits per heavy atom. The summed E-state index contributed by atoms with van der Waals surface area (Å²) in [4.78, 5) is 33.8. The van der Waals surface area contributed by atoms with Crippen LogP contribution in [0.5, 0.6) is 5.75 Å². The number of nitrogens with one attached hydrogen (secondary N) is 2. The first kappa shape index (κ1) is 16.8. The fourth-order valence-electron chi connectivity index (χ4n) is 1.42. The Bertz CT molecular complexity index is 561. The van der Waals surface area contributed by atoms with Crippen LogP contribution >= 0.6 is 11.6 Å². The molecule has 0 radical (unpaired) electrons. The summed E-state index contributed by atoms with van der Waals surface area (Å²) >= 11 is 5.73. The van der Waals surface area contributed by atoms with Crippen LogP contribution in [-0.2, 0) is 4.79 Å². The Labute approximate surface area is 126 Å². The van der Waals surface area contributed by atoms with E-state index >= 15 is 0 Å². The fraction of sp³-hybridized carbons (Fsp3) is 0.308. The van der Waals surface area contributed by atoms with E-state index in [-0.39, 0.29) is 16.3 Å². The maximum absolute atomic E-state index is 11.7. The van der Waals surface area contributed by atoms with Crippen LogP contribution in [0.4, 0.5) is 4.79 Å². The second kappa shape index (κ2) is 7.49. The number of carbonyl (C=O) groups is 3. The SMILES string of the molecule is CCNC(=O)NC(=O)C(C)Oc1ccc(Cl)c(C(=O)O)c1. The molecule has 114 valence electrons. The Morgan fingerprint density at radius 1 is 1.38 bits per heavy atom. The normalized spacial score (nSPS) is 11.4. The van der Waals surface area contributed by atoms with Crippen molar-refractivity contribution in [1.82, 2.24) is 10.6 Å². The number of rotatable bonds is 5. The van der Waals surface area contributed by atoms with Crippen molar-refractivity contribution in [2.24, 2.45) is 0 Å². The average Bonchev–Trinajstić information content (AvgIpc) is 2.40. The van der Waals surface area contributed by atoms with Gasteiger partial charge in [0, 0.05) is 6.54 Å². The highest BCUT2D eigenvalue weighted by Crippen LogP contribution is 2.22. The average molecular weight is 315 g/mol. The molecule has 3 amide bonds. The number of hydrogen-bond donors (Lipinski definition) is 3. The second-order valence-electron chi connectivity index (χ2n) is 4.06. The molecule has 1 atom stereocenters. The van der Waals surface area contributed by atoms with Crippen molar-refractivity contribution in [2.75, 3.05) is 6.54 Å².